The maximum Gasteiger partial charge on any atom is 0.298 e. The van der Waals surface area contributed by atoms with Crippen LogP contribution in [-0.4, -0.2) is 40.6 Å². The molecule has 1 aliphatic rings. The summed E-state index contributed by atoms with van der Waals surface area (Å²) in [7, 11) is 0. The number of fused-ring (bicyclic) bond motifs is 1. The topological polar surface area (TPSA) is 91.5 Å². The van der Waals surface area contributed by atoms with Gasteiger partial charge in [0.2, 0.25) is 5.91 Å². The fourth-order valence-corrected chi connectivity index (χ4v) is 3.55. The van der Waals surface area contributed by atoms with E-state index in [0.717, 1.165) is 5.52 Å². The Hall–Kier alpha value is -2.64. The molecule has 1 unspecified atom stereocenters. The first-order valence-corrected chi connectivity index (χ1v) is 9.64. The fourth-order valence-electron chi connectivity index (χ4n) is 3.39. The van der Waals surface area contributed by atoms with E-state index in [0.29, 0.717) is 48.1 Å². The number of nitrogens with zero attached hydrogens (tertiary/aromatic N) is 3. The van der Waals surface area contributed by atoms with Crippen LogP contribution < -0.4 is 10.2 Å². The molecule has 4 rings (SSSR count). The molecule has 8 heteroatoms. The van der Waals surface area contributed by atoms with Gasteiger partial charge in [-0.05, 0) is 31.0 Å². The van der Waals surface area contributed by atoms with Gasteiger partial charge in [0.05, 0.1) is 6.10 Å². The van der Waals surface area contributed by atoms with Crippen LogP contribution in [0.15, 0.2) is 47.1 Å². The molecular weight excluding hydrogens is 380 g/mol. The minimum Gasteiger partial charge on any atom is -0.423 e. The van der Waals surface area contributed by atoms with Crippen molar-refractivity contribution in [3.63, 3.8) is 0 Å². The molecule has 1 saturated heterocycles. The summed E-state index contributed by atoms with van der Waals surface area (Å²) in [4.78, 5) is 23.0. The van der Waals surface area contributed by atoms with Crippen LogP contribution in [0, 0.1) is 5.92 Å². The number of carbonyl (C=O) groups excluding carboxylic acids is 1. The van der Waals surface area contributed by atoms with Gasteiger partial charge in [-0.3, -0.25) is 9.78 Å². The maximum atomic E-state index is 12.4. The van der Waals surface area contributed by atoms with Crippen molar-refractivity contribution >= 4 is 34.6 Å². The largest absolute Gasteiger partial charge is 0.423 e. The normalized spacial score (nSPS) is 16.3. The number of piperidine rings is 1. The molecule has 28 heavy (non-hydrogen) atoms. The van der Waals surface area contributed by atoms with Gasteiger partial charge in [-0.15, -0.1) is 0 Å². The van der Waals surface area contributed by atoms with Crippen molar-refractivity contribution in [3.8, 4) is 0 Å². The van der Waals surface area contributed by atoms with Gasteiger partial charge in [-0.25, -0.2) is 0 Å². The van der Waals surface area contributed by atoms with Crippen molar-refractivity contribution in [3.05, 3.63) is 53.3 Å². The predicted molar refractivity (Wildman–Crippen MR) is 106 cm³/mol. The molecule has 0 bridgehead atoms. The molecular formula is C20H21ClN4O3. The first kappa shape index (κ1) is 18.7. The number of aliphatic hydroxyl groups is 1. The van der Waals surface area contributed by atoms with Gasteiger partial charge in [0.25, 0.3) is 6.01 Å². The molecule has 0 aliphatic carbocycles. The Bertz CT molecular complexity index is 954. The fraction of sp³-hybridized carbons (Fsp3) is 0.350. The van der Waals surface area contributed by atoms with Gasteiger partial charge in [0.15, 0.2) is 5.58 Å². The highest BCUT2D eigenvalue weighted by Gasteiger charge is 2.27. The van der Waals surface area contributed by atoms with E-state index >= 15 is 0 Å². The highest BCUT2D eigenvalue weighted by atomic mass is 35.5. The van der Waals surface area contributed by atoms with Gasteiger partial charge in [-0.2, -0.15) is 4.98 Å². The van der Waals surface area contributed by atoms with Gasteiger partial charge in [0.1, 0.15) is 5.52 Å². The summed E-state index contributed by atoms with van der Waals surface area (Å²) >= 11 is 5.99. The lowest BCUT2D eigenvalue weighted by molar-refractivity contribution is -0.126. The lowest BCUT2D eigenvalue weighted by atomic mass is 9.96. The van der Waals surface area contributed by atoms with E-state index in [9.17, 15) is 9.90 Å². The van der Waals surface area contributed by atoms with Crippen molar-refractivity contribution in [1.29, 1.82) is 0 Å². The molecule has 1 atom stereocenters. The zero-order valence-corrected chi connectivity index (χ0v) is 16.0. The van der Waals surface area contributed by atoms with Crippen LogP contribution in [0.4, 0.5) is 6.01 Å². The number of aliphatic hydroxyl groups excluding tert-OH is 1. The number of hydrogen-bond acceptors (Lipinski definition) is 6. The Morgan fingerprint density at radius 2 is 2.18 bits per heavy atom. The number of pyridine rings is 1. The van der Waals surface area contributed by atoms with E-state index in [-0.39, 0.29) is 18.4 Å². The lowest BCUT2D eigenvalue weighted by Crippen LogP contribution is -2.41. The zero-order chi connectivity index (χ0) is 19.5. The number of anilines is 1. The Morgan fingerprint density at radius 3 is 2.93 bits per heavy atom. The molecule has 146 valence electrons. The molecule has 1 amide bonds. The van der Waals surface area contributed by atoms with E-state index in [1.54, 1.807) is 36.7 Å². The van der Waals surface area contributed by atoms with Crippen molar-refractivity contribution in [2.24, 2.45) is 5.92 Å². The zero-order valence-electron chi connectivity index (χ0n) is 15.2. The Labute approximate surface area is 167 Å². The second-order valence-corrected chi connectivity index (χ2v) is 7.35. The molecule has 1 aliphatic heterocycles. The third-order valence-electron chi connectivity index (χ3n) is 5.01. The van der Waals surface area contributed by atoms with Crippen LogP contribution in [0.5, 0.6) is 0 Å². The number of oxazole rings is 1. The number of halogens is 1. The minimum absolute atomic E-state index is 0.0352. The average Bonchev–Trinajstić information content (AvgIpc) is 3.15. The van der Waals surface area contributed by atoms with Crippen LogP contribution in [0.2, 0.25) is 5.02 Å². The average molecular weight is 401 g/mol. The van der Waals surface area contributed by atoms with E-state index in [4.69, 9.17) is 16.0 Å². The molecule has 1 aromatic carbocycles. The monoisotopic (exact) mass is 400 g/mol. The number of amides is 1. The van der Waals surface area contributed by atoms with Gasteiger partial charge >= 0.3 is 0 Å². The van der Waals surface area contributed by atoms with Gasteiger partial charge in [0, 0.05) is 54.6 Å². The molecule has 0 spiro atoms. The number of aromatic nitrogens is 2. The molecule has 3 aromatic rings. The highest BCUT2D eigenvalue weighted by molar-refractivity contribution is 6.31. The van der Waals surface area contributed by atoms with Crippen molar-refractivity contribution in [2.75, 3.05) is 24.5 Å². The van der Waals surface area contributed by atoms with E-state index < -0.39 is 6.10 Å². The van der Waals surface area contributed by atoms with Gasteiger partial charge < -0.3 is 19.7 Å². The summed E-state index contributed by atoms with van der Waals surface area (Å²) in [5.41, 5.74) is 2.11. The van der Waals surface area contributed by atoms with E-state index in [2.05, 4.69) is 15.3 Å². The summed E-state index contributed by atoms with van der Waals surface area (Å²) in [6, 6.07) is 9.47. The van der Waals surface area contributed by atoms with Gasteiger partial charge in [-0.1, -0.05) is 17.7 Å². The quantitative estimate of drug-likeness (QED) is 0.684. The Balaban J connectivity index is 1.30. The number of rotatable bonds is 5. The van der Waals surface area contributed by atoms with Crippen molar-refractivity contribution < 1.29 is 14.3 Å². The van der Waals surface area contributed by atoms with Crippen LogP contribution in [0.3, 0.4) is 0 Å². The molecule has 3 heterocycles. The highest BCUT2D eigenvalue weighted by Crippen LogP contribution is 2.28. The molecule has 2 N–H and O–H groups in total. The molecule has 2 aromatic heterocycles. The molecule has 7 nitrogen and oxygen atoms in total. The summed E-state index contributed by atoms with van der Waals surface area (Å²) in [6.07, 6.45) is 3.89. The Morgan fingerprint density at radius 1 is 1.36 bits per heavy atom. The summed E-state index contributed by atoms with van der Waals surface area (Å²) in [6.45, 7) is 1.55. The summed E-state index contributed by atoms with van der Waals surface area (Å²) in [5.74, 6) is -0.122. The number of benzene rings is 1. The Kier molecular flexibility index (Phi) is 5.45. The first-order chi connectivity index (χ1) is 13.6. The van der Waals surface area contributed by atoms with Crippen molar-refractivity contribution in [1.82, 2.24) is 15.3 Å². The molecule has 1 fully saturated rings. The number of hydrogen-bond donors (Lipinski definition) is 2. The minimum atomic E-state index is -0.760. The van der Waals surface area contributed by atoms with Crippen molar-refractivity contribution in [2.45, 2.75) is 18.9 Å². The third-order valence-corrected chi connectivity index (χ3v) is 5.25. The summed E-state index contributed by atoms with van der Waals surface area (Å²) in [5, 5.41) is 13.6. The number of nitrogens with one attached hydrogen (secondary N) is 1. The van der Waals surface area contributed by atoms with E-state index in [1.807, 2.05) is 11.0 Å². The lowest BCUT2D eigenvalue weighted by Gasteiger charge is -2.30. The maximum absolute atomic E-state index is 12.4. The second kappa shape index (κ2) is 8.16. The first-order valence-electron chi connectivity index (χ1n) is 9.27. The number of carbonyl (C=O) groups is 1. The van der Waals surface area contributed by atoms with Crippen LogP contribution in [-0.2, 0) is 4.79 Å². The van der Waals surface area contributed by atoms with E-state index in [1.165, 1.54) is 0 Å². The summed E-state index contributed by atoms with van der Waals surface area (Å²) < 4.78 is 5.80. The smallest absolute Gasteiger partial charge is 0.298 e. The second-order valence-electron chi connectivity index (χ2n) is 6.92. The SMILES string of the molecule is O=C(NCC(O)c1cccnc1)C1CCN(c2nc3ccc(Cl)cc3o2)CC1. The standard InChI is InChI=1S/C20H21ClN4O3/c21-15-3-4-16-18(10-15)28-20(24-16)25-8-5-13(6-9-25)19(27)23-12-17(26)14-2-1-7-22-11-14/h1-4,7,10-11,13,17,26H,5-6,8-9,12H2,(H,23,27). The van der Waals surface area contributed by atoms with Crippen LogP contribution in [0.25, 0.3) is 11.1 Å². The predicted octanol–water partition coefficient (Wildman–Crippen LogP) is 2.94. The van der Waals surface area contributed by atoms with Crippen LogP contribution in [0.1, 0.15) is 24.5 Å². The third kappa shape index (κ3) is 4.10. The van der Waals surface area contributed by atoms with Crippen LogP contribution >= 0.6 is 11.6 Å². The molecule has 0 saturated carbocycles. The molecule has 0 radical (unpaired) electrons.